The fraction of sp³-hybridized carbons (Fsp3) is 0.308. The van der Waals surface area contributed by atoms with Crippen molar-refractivity contribution in [1.82, 2.24) is 4.90 Å². The number of benzene rings is 1. The lowest BCUT2D eigenvalue weighted by atomic mass is 10.1. The van der Waals surface area contributed by atoms with Crippen LogP contribution >= 0.6 is 22.6 Å². The molecule has 0 radical (unpaired) electrons. The van der Waals surface area contributed by atoms with Crippen molar-refractivity contribution in [3.05, 3.63) is 39.6 Å². The third-order valence-corrected chi connectivity index (χ3v) is 3.52. The Kier molecular flexibility index (Phi) is 4.04. The summed E-state index contributed by atoms with van der Waals surface area (Å²) in [6.45, 7) is 0.634. The van der Waals surface area contributed by atoms with Crippen LogP contribution in [0.15, 0.2) is 34.0 Å². The van der Waals surface area contributed by atoms with Gasteiger partial charge in [0.2, 0.25) is 5.91 Å². The second-order valence-corrected chi connectivity index (χ2v) is 5.33. The van der Waals surface area contributed by atoms with Crippen molar-refractivity contribution >= 4 is 28.5 Å². The highest BCUT2D eigenvalue weighted by Gasteiger charge is 2.17. The summed E-state index contributed by atoms with van der Waals surface area (Å²) >= 11 is 2.28. The fourth-order valence-corrected chi connectivity index (χ4v) is 2.34. The molecule has 0 unspecified atom stereocenters. The molecule has 3 nitrogen and oxygen atoms in total. The Hall–Kier alpha value is -1.04. The van der Waals surface area contributed by atoms with Gasteiger partial charge in [0.1, 0.15) is 5.75 Å². The number of hydrogen-bond donors (Lipinski definition) is 0. The molecule has 0 saturated carbocycles. The first-order chi connectivity index (χ1) is 8.19. The lowest BCUT2D eigenvalue weighted by Gasteiger charge is -2.23. The summed E-state index contributed by atoms with van der Waals surface area (Å²) in [5.41, 5.74) is 1.11. The summed E-state index contributed by atoms with van der Waals surface area (Å²) in [4.78, 5) is 13.5. The van der Waals surface area contributed by atoms with Crippen molar-refractivity contribution < 1.29 is 9.53 Å². The molecular weight excluding hydrogens is 329 g/mol. The molecule has 17 heavy (non-hydrogen) atoms. The highest BCUT2D eigenvalue weighted by Crippen LogP contribution is 2.23. The number of rotatable bonds is 3. The van der Waals surface area contributed by atoms with E-state index >= 15 is 0 Å². The van der Waals surface area contributed by atoms with E-state index in [1.807, 2.05) is 30.5 Å². The van der Waals surface area contributed by atoms with Crippen LogP contribution in [0.5, 0.6) is 5.75 Å². The molecule has 4 heteroatoms. The van der Waals surface area contributed by atoms with Crippen LogP contribution in [0.4, 0.5) is 0 Å². The first-order valence-corrected chi connectivity index (χ1v) is 6.55. The molecular formula is C13H14INO2. The van der Waals surface area contributed by atoms with Gasteiger partial charge in [0.15, 0.2) is 0 Å². The second-order valence-electron chi connectivity index (χ2n) is 3.95. The lowest BCUT2D eigenvalue weighted by Crippen LogP contribution is -2.27. The average Bonchev–Trinajstić information content (AvgIpc) is 2.35. The highest BCUT2D eigenvalue weighted by molar-refractivity contribution is 14.1. The molecule has 0 saturated heterocycles. The zero-order valence-corrected chi connectivity index (χ0v) is 11.8. The summed E-state index contributed by atoms with van der Waals surface area (Å²) < 4.78 is 6.34. The molecule has 0 spiro atoms. The van der Waals surface area contributed by atoms with Gasteiger partial charge < -0.3 is 9.64 Å². The third kappa shape index (κ3) is 3.21. The van der Waals surface area contributed by atoms with Crippen molar-refractivity contribution in [2.24, 2.45) is 0 Å². The van der Waals surface area contributed by atoms with E-state index in [1.165, 1.54) is 3.58 Å². The van der Waals surface area contributed by atoms with Gasteiger partial charge in [-0.25, -0.2) is 0 Å². The van der Waals surface area contributed by atoms with Crippen LogP contribution in [-0.2, 0) is 11.3 Å². The molecule has 0 aromatic heterocycles. The minimum absolute atomic E-state index is 0.196. The van der Waals surface area contributed by atoms with Crippen molar-refractivity contribution in [3.63, 3.8) is 0 Å². The van der Waals surface area contributed by atoms with Gasteiger partial charge >= 0.3 is 0 Å². The Balaban J connectivity index is 2.09. The average molecular weight is 343 g/mol. The van der Waals surface area contributed by atoms with Crippen LogP contribution in [0.3, 0.4) is 0 Å². The van der Waals surface area contributed by atoms with E-state index in [2.05, 4.69) is 22.6 Å². The number of carbonyl (C=O) groups excluding carboxylic acids is 1. The van der Waals surface area contributed by atoms with Crippen molar-refractivity contribution in [2.45, 2.75) is 19.4 Å². The molecule has 0 fully saturated rings. The number of nitrogens with zero attached hydrogens (tertiary/aromatic N) is 1. The standard InChI is InChI=1S/C13H14INO2/c1-17-12-5-2-10(3-6-12)8-15-9-11(14)4-7-13(15)16/h2-3,5-6,9H,4,7-8H2,1H3. The van der Waals surface area contributed by atoms with Gasteiger partial charge in [-0.15, -0.1) is 0 Å². The van der Waals surface area contributed by atoms with Gasteiger partial charge in [0.25, 0.3) is 0 Å². The Labute approximate surface area is 115 Å². The lowest BCUT2D eigenvalue weighted by molar-refractivity contribution is -0.129. The maximum Gasteiger partial charge on any atom is 0.227 e. The molecule has 0 atom stereocenters. The predicted octanol–water partition coefficient (Wildman–Crippen LogP) is 3.09. The summed E-state index contributed by atoms with van der Waals surface area (Å²) in [5, 5.41) is 0. The number of halogens is 1. The number of ether oxygens (including phenoxy) is 1. The van der Waals surface area contributed by atoms with Crippen LogP contribution in [0, 0.1) is 0 Å². The van der Waals surface area contributed by atoms with Gasteiger partial charge in [-0.3, -0.25) is 4.79 Å². The van der Waals surface area contributed by atoms with Crippen LogP contribution in [-0.4, -0.2) is 17.9 Å². The van der Waals surface area contributed by atoms with Crippen molar-refractivity contribution in [1.29, 1.82) is 0 Å². The van der Waals surface area contributed by atoms with Crippen LogP contribution in [0.2, 0.25) is 0 Å². The minimum atomic E-state index is 0.196. The SMILES string of the molecule is COc1ccc(CN2C=C(I)CCC2=O)cc1. The van der Waals surface area contributed by atoms with Gasteiger partial charge in [0.05, 0.1) is 13.7 Å². The molecule has 0 bridgehead atoms. The molecule has 1 aliphatic heterocycles. The highest BCUT2D eigenvalue weighted by atomic mass is 127. The first kappa shape index (κ1) is 12.4. The third-order valence-electron chi connectivity index (χ3n) is 2.71. The summed E-state index contributed by atoms with van der Waals surface area (Å²) in [6, 6.07) is 7.81. The van der Waals surface area contributed by atoms with Crippen molar-refractivity contribution in [2.75, 3.05) is 7.11 Å². The van der Waals surface area contributed by atoms with E-state index in [1.54, 1.807) is 12.0 Å². The number of amides is 1. The zero-order chi connectivity index (χ0) is 12.3. The number of allylic oxidation sites excluding steroid dienone is 1. The van der Waals surface area contributed by atoms with E-state index < -0.39 is 0 Å². The van der Waals surface area contributed by atoms with E-state index in [0.717, 1.165) is 17.7 Å². The Morgan fingerprint density at radius 1 is 1.29 bits per heavy atom. The van der Waals surface area contributed by atoms with Crippen molar-refractivity contribution in [3.8, 4) is 5.75 Å². The van der Waals surface area contributed by atoms with Gasteiger partial charge in [-0.05, 0) is 46.7 Å². The fourth-order valence-electron chi connectivity index (χ4n) is 1.74. The Morgan fingerprint density at radius 2 is 2.00 bits per heavy atom. The molecule has 1 aromatic rings. The summed E-state index contributed by atoms with van der Waals surface area (Å²) in [5.74, 6) is 1.03. The van der Waals surface area contributed by atoms with Gasteiger partial charge in [-0.2, -0.15) is 0 Å². The van der Waals surface area contributed by atoms with Crippen LogP contribution in [0.25, 0.3) is 0 Å². The molecule has 1 heterocycles. The quantitative estimate of drug-likeness (QED) is 0.790. The Morgan fingerprint density at radius 3 is 2.65 bits per heavy atom. The molecule has 2 rings (SSSR count). The number of methoxy groups -OCH3 is 1. The monoisotopic (exact) mass is 343 g/mol. The van der Waals surface area contributed by atoms with Crippen LogP contribution in [0.1, 0.15) is 18.4 Å². The number of carbonyl (C=O) groups is 1. The minimum Gasteiger partial charge on any atom is -0.497 e. The van der Waals surface area contributed by atoms with E-state index in [-0.39, 0.29) is 5.91 Å². The summed E-state index contributed by atoms with van der Waals surface area (Å²) in [7, 11) is 1.65. The smallest absolute Gasteiger partial charge is 0.227 e. The molecule has 1 amide bonds. The first-order valence-electron chi connectivity index (χ1n) is 5.47. The van der Waals surface area contributed by atoms with Gasteiger partial charge in [-0.1, -0.05) is 12.1 Å². The molecule has 0 aliphatic carbocycles. The maximum atomic E-state index is 11.7. The Bertz CT molecular complexity index is 439. The van der Waals surface area contributed by atoms with E-state index in [9.17, 15) is 4.79 Å². The molecule has 90 valence electrons. The number of hydrogen-bond acceptors (Lipinski definition) is 2. The largest absolute Gasteiger partial charge is 0.497 e. The van der Waals surface area contributed by atoms with Crippen LogP contribution < -0.4 is 4.74 Å². The second kappa shape index (κ2) is 5.53. The molecule has 1 aromatic carbocycles. The molecule has 0 N–H and O–H groups in total. The van der Waals surface area contributed by atoms with Gasteiger partial charge in [0, 0.05) is 16.2 Å². The topological polar surface area (TPSA) is 29.5 Å². The molecule has 1 aliphatic rings. The van der Waals surface area contributed by atoms with E-state index in [0.29, 0.717) is 13.0 Å². The van der Waals surface area contributed by atoms with E-state index in [4.69, 9.17) is 4.74 Å². The summed E-state index contributed by atoms with van der Waals surface area (Å²) in [6.07, 6.45) is 3.43. The maximum absolute atomic E-state index is 11.7. The normalized spacial score (nSPS) is 15.8. The zero-order valence-electron chi connectivity index (χ0n) is 9.65. The predicted molar refractivity (Wildman–Crippen MR) is 74.9 cm³/mol.